The molecule has 1 aromatic rings. The number of rotatable bonds is 4. The van der Waals surface area contributed by atoms with Crippen molar-refractivity contribution in [1.82, 2.24) is 4.31 Å². The molecule has 1 fully saturated rings. The van der Waals surface area contributed by atoms with E-state index >= 15 is 0 Å². The summed E-state index contributed by atoms with van der Waals surface area (Å²) in [5, 5.41) is 0. The lowest BCUT2D eigenvalue weighted by Crippen LogP contribution is -2.39. The summed E-state index contributed by atoms with van der Waals surface area (Å²) in [5.74, 6) is 0.783. The van der Waals surface area contributed by atoms with Gasteiger partial charge in [0.2, 0.25) is 10.0 Å². The molecule has 0 amide bonds. The third-order valence-electron chi connectivity index (χ3n) is 4.06. The maximum atomic E-state index is 12.5. The average molecular weight is 309 g/mol. The zero-order valence-corrected chi connectivity index (χ0v) is 14.2. The third kappa shape index (κ3) is 5.11. The second-order valence-corrected chi connectivity index (χ2v) is 9.32. The van der Waals surface area contributed by atoms with Gasteiger partial charge in [0.1, 0.15) is 0 Å². The fraction of sp³-hybridized carbons (Fsp3) is 0.647. The van der Waals surface area contributed by atoms with E-state index in [0.29, 0.717) is 24.4 Å². The number of sulfonamides is 1. The first-order valence-electron chi connectivity index (χ1n) is 7.78. The van der Waals surface area contributed by atoms with Gasteiger partial charge in [-0.05, 0) is 36.2 Å². The highest BCUT2D eigenvalue weighted by Gasteiger charge is 2.29. The summed E-state index contributed by atoms with van der Waals surface area (Å²) in [5.41, 5.74) is 1.20. The van der Waals surface area contributed by atoms with Crippen molar-refractivity contribution in [2.45, 2.75) is 45.8 Å². The van der Waals surface area contributed by atoms with Gasteiger partial charge in [0.25, 0.3) is 0 Å². The van der Waals surface area contributed by atoms with E-state index in [0.717, 1.165) is 18.4 Å². The van der Waals surface area contributed by atoms with Gasteiger partial charge >= 0.3 is 0 Å². The van der Waals surface area contributed by atoms with E-state index in [4.69, 9.17) is 0 Å². The van der Waals surface area contributed by atoms with E-state index < -0.39 is 10.0 Å². The first-order chi connectivity index (χ1) is 9.76. The molecule has 1 saturated heterocycles. The summed E-state index contributed by atoms with van der Waals surface area (Å²) in [7, 11) is -3.17. The van der Waals surface area contributed by atoms with Gasteiger partial charge in [-0.15, -0.1) is 0 Å². The van der Waals surface area contributed by atoms with Gasteiger partial charge in [0, 0.05) is 13.1 Å². The van der Waals surface area contributed by atoms with E-state index in [-0.39, 0.29) is 5.75 Å². The van der Waals surface area contributed by atoms with E-state index in [1.807, 2.05) is 30.3 Å². The quantitative estimate of drug-likeness (QED) is 0.851. The Bertz CT molecular complexity index is 538. The lowest BCUT2D eigenvalue weighted by Gasteiger charge is -2.34. The second kappa shape index (κ2) is 6.49. The van der Waals surface area contributed by atoms with Crippen LogP contribution in [0.5, 0.6) is 0 Å². The van der Waals surface area contributed by atoms with Crippen LogP contribution in [0.2, 0.25) is 0 Å². The molecule has 0 unspecified atom stereocenters. The molecule has 0 bridgehead atoms. The molecule has 1 aromatic carbocycles. The van der Waals surface area contributed by atoms with Crippen LogP contribution in [-0.4, -0.2) is 25.8 Å². The van der Waals surface area contributed by atoms with Crippen molar-refractivity contribution in [2.24, 2.45) is 11.3 Å². The first kappa shape index (κ1) is 16.5. The van der Waals surface area contributed by atoms with Crippen LogP contribution in [0.15, 0.2) is 30.3 Å². The van der Waals surface area contributed by atoms with E-state index in [9.17, 15) is 8.42 Å². The lowest BCUT2D eigenvalue weighted by molar-refractivity contribution is 0.207. The summed E-state index contributed by atoms with van der Waals surface area (Å²) < 4.78 is 26.6. The van der Waals surface area contributed by atoms with Gasteiger partial charge in [0.05, 0.1) is 5.75 Å². The number of hydrogen-bond donors (Lipinski definition) is 0. The van der Waals surface area contributed by atoms with Crippen molar-refractivity contribution in [1.29, 1.82) is 0 Å². The topological polar surface area (TPSA) is 37.4 Å². The Morgan fingerprint density at radius 3 is 2.19 bits per heavy atom. The van der Waals surface area contributed by atoms with Crippen LogP contribution >= 0.6 is 0 Å². The summed E-state index contributed by atoms with van der Waals surface area (Å²) in [6.07, 6.45) is 3.16. The molecule has 21 heavy (non-hydrogen) atoms. The highest BCUT2D eigenvalue weighted by atomic mass is 32.2. The predicted octanol–water partition coefficient (Wildman–Crippen LogP) is 3.66. The number of nitrogens with zero attached hydrogens (tertiary/aromatic N) is 1. The summed E-state index contributed by atoms with van der Waals surface area (Å²) in [4.78, 5) is 0. The Morgan fingerprint density at radius 1 is 1.10 bits per heavy atom. The van der Waals surface area contributed by atoms with Crippen molar-refractivity contribution < 1.29 is 8.42 Å². The summed E-state index contributed by atoms with van der Waals surface area (Å²) in [6, 6.07) is 9.45. The average Bonchev–Trinajstić information content (AvgIpc) is 2.38. The Balaban J connectivity index is 1.92. The Hall–Kier alpha value is -0.870. The molecule has 118 valence electrons. The minimum Gasteiger partial charge on any atom is -0.212 e. The Kier molecular flexibility index (Phi) is 5.10. The van der Waals surface area contributed by atoms with Crippen molar-refractivity contribution in [2.75, 3.05) is 13.1 Å². The van der Waals surface area contributed by atoms with Crippen molar-refractivity contribution in [3.63, 3.8) is 0 Å². The molecule has 2 rings (SSSR count). The van der Waals surface area contributed by atoms with Gasteiger partial charge in [-0.1, -0.05) is 51.1 Å². The molecular formula is C17H27NO2S. The molecule has 0 aliphatic carbocycles. The van der Waals surface area contributed by atoms with Crippen LogP contribution in [0.1, 0.15) is 45.6 Å². The van der Waals surface area contributed by atoms with Crippen LogP contribution in [0, 0.1) is 11.3 Å². The highest BCUT2D eigenvalue weighted by molar-refractivity contribution is 7.88. The van der Waals surface area contributed by atoms with E-state index in [2.05, 4.69) is 20.8 Å². The molecule has 0 radical (unpaired) electrons. The standard InChI is InChI=1S/C17H27NO2S/c1-17(2,3)13-15-9-11-18(12-10-15)21(19,20)14-16-7-5-4-6-8-16/h4-8,15H,9-14H2,1-3H3. The molecule has 4 heteroatoms. The molecule has 1 aliphatic rings. The zero-order chi connectivity index (χ0) is 15.5. The Labute approximate surface area is 129 Å². The van der Waals surface area contributed by atoms with Crippen LogP contribution in [0.25, 0.3) is 0 Å². The largest absolute Gasteiger partial charge is 0.218 e. The zero-order valence-electron chi connectivity index (χ0n) is 13.4. The molecule has 1 aliphatic heterocycles. The third-order valence-corrected chi connectivity index (χ3v) is 5.91. The minimum atomic E-state index is -3.17. The van der Waals surface area contributed by atoms with Crippen molar-refractivity contribution >= 4 is 10.0 Å². The van der Waals surface area contributed by atoms with Crippen LogP contribution in [0.3, 0.4) is 0 Å². The molecule has 1 heterocycles. The number of hydrogen-bond acceptors (Lipinski definition) is 2. The van der Waals surface area contributed by atoms with Crippen LogP contribution < -0.4 is 0 Å². The first-order valence-corrected chi connectivity index (χ1v) is 9.39. The molecule has 3 nitrogen and oxygen atoms in total. The minimum absolute atomic E-state index is 0.123. The van der Waals surface area contributed by atoms with Gasteiger partial charge in [-0.2, -0.15) is 0 Å². The normalized spacial score (nSPS) is 18.8. The monoisotopic (exact) mass is 309 g/mol. The molecule has 0 atom stereocenters. The summed E-state index contributed by atoms with van der Waals surface area (Å²) in [6.45, 7) is 8.12. The maximum Gasteiger partial charge on any atom is 0.218 e. The van der Waals surface area contributed by atoms with Gasteiger partial charge in [-0.25, -0.2) is 12.7 Å². The predicted molar refractivity (Wildman–Crippen MR) is 87.4 cm³/mol. The molecule has 0 saturated carbocycles. The van der Waals surface area contributed by atoms with Gasteiger partial charge in [-0.3, -0.25) is 0 Å². The number of benzene rings is 1. The summed E-state index contributed by atoms with van der Waals surface area (Å²) >= 11 is 0. The highest BCUT2D eigenvalue weighted by Crippen LogP contribution is 2.31. The van der Waals surface area contributed by atoms with Crippen LogP contribution in [-0.2, 0) is 15.8 Å². The van der Waals surface area contributed by atoms with Gasteiger partial charge in [0.15, 0.2) is 0 Å². The smallest absolute Gasteiger partial charge is 0.212 e. The molecule has 0 N–H and O–H groups in total. The van der Waals surface area contributed by atoms with Gasteiger partial charge < -0.3 is 0 Å². The molecule has 0 aromatic heterocycles. The second-order valence-electron chi connectivity index (χ2n) is 7.35. The van der Waals surface area contributed by atoms with Crippen LogP contribution in [0.4, 0.5) is 0 Å². The fourth-order valence-electron chi connectivity index (χ4n) is 3.13. The molecule has 0 spiro atoms. The SMILES string of the molecule is CC(C)(C)CC1CCN(S(=O)(=O)Cc2ccccc2)CC1. The van der Waals surface area contributed by atoms with Crippen molar-refractivity contribution in [3.05, 3.63) is 35.9 Å². The number of piperidine rings is 1. The maximum absolute atomic E-state index is 12.5. The fourth-order valence-corrected chi connectivity index (χ4v) is 4.70. The lowest BCUT2D eigenvalue weighted by atomic mass is 9.81. The van der Waals surface area contributed by atoms with Crippen molar-refractivity contribution in [3.8, 4) is 0 Å². The molecular weight excluding hydrogens is 282 g/mol. The van der Waals surface area contributed by atoms with E-state index in [1.54, 1.807) is 4.31 Å². The Morgan fingerprint density at radius 2 is 1.67 bits per heavy atom. The van der Waals surface area contributed by atoms with E-state index in [1.165, 1.54) is 6.42 Å².